The minimum absolute atomic E-state index is 0.137. The Bertz CT molecular complexity index is 564. The fraction of sp³-hybridized carbons (Fsp3) is 0.200. The van der Waals surface area contributed by atoms with Gasteiger partial charge in [-0.05, 0) is 32.0 Å². The average Bonchev–Trinajstić information content (AvgIpc) is 2.42. The van der Waals surface area contributed by atoms with Gasteiger partial charge in [-0.2, -0.15) is 0 Å². The Balaban J connectivity index is 2.18. The van der Waals surface area contributed by atoms with E-state index in [-0.39, 0.29) is 5.91 Å². The number of nitrogens with one attached hydrogen (secondary N) is 2. The Hall–Kier alpha value is -2.36. The van der Waals surface area contributed by atoms with E-state index < -0.39 is 0 Å². The molecule has 0 atom stereocenters. The average molecular weight is 255 g/mol. The van der Waals surface area contributed by atoms with Crippen molar-refractivity contribution in [2.24, 2.45) is 0 Å². The smallest absolute Gasteiger partial charge is 0.257 e. The van der Waals surface area contributed by atoms with Crippen molar-refractivity contribution < 1.29 is 4.79 Å². The van der Waals surface area contributed by atoms with Crippen LogP contribution in [0.2, 0.25) is 0 Å². The highest BCUT2D eigenvalue weighted by Crippen LogP contribution is 2.16. The summed E-state index contributed by atoms with van der Waals surface area (Å²) in [5, 5.41) is 6.01. The van der Waals surface area contributed by atoms with Gasteiger partial charge < -0.3 is 10.6 Å². The molecule has 2 rings (SSSR count). The highest BCUT2D eigenvalue weighted by atomic mass is 16.1. The maximum absolute atomic E-state index is 12.2. The molecule has 4 heteroatoms. The number of aromatic nitrogens is 1. The minimum Gasteiger partial charge on any atom is -0.383 e. The number of hydrogen-bond donors (Lipinski definition) is 2. The summed E-state index contributed by atoms with van der Waals surface area (Å²) in [6.07, 6.45) is 3.28. The van der Waals surface area contributed by atoms with E-state index >= 15 is 0 Å². The van der Waals surface area contributed by atoms with E-state index in [1.807, 2.05) is 38.1 Å². The Kier molecular flexibility index (Phi) is 4.13. The summed E-state index contributed by atoms with van der Waals surface area (Å²) in [5.41, 5.74) is 3.29. The molecule has 0 radical (unpaired) electrons. The minimum atomic E-state index is -0.137. The molecule has 4 nitrogen and oxygen atoms in total. The van der Waals surface area contributed by atoms with Gasteiger partial charge in [0.25, 0.3) is 5.91 Å². The lowest BCUT2D eigenvalue weighted by Gasteiger charge is -2.10. The van der Waals surface area contributed by atoms with Gasteiger partial charge in [0.05, 0.1) is 17.4 Å². The van der Waals surface area contributed by atoms with Crippen molar-refractivity contribution in [2.75, 3.05) is 17.2 Å². The molecule has 1 aromatic heterocycles. The molecule has 1 heterocycles. The van der Waals surface area contributed by atoms with Crippen molar-refractivity contribution in [2.45, 2.75) is 13.8 Å². The maximum atomic E-state index is 12.2. The summed E-state index contributed by atoms with van der Waals surface area (Å²) in [4.78, 5) is 16.2. The predicted octanol–water partition coefficient (Wildman–Crippen LogP) is 3.07. The van der Waals surface area contributed by atoms with Crippen molar-refractivity contribution in [3.05, 3.63) is 53.9 Å². The molecule has 0 aliphatic heterocycles. The fourth-order valence-electron chi connectivity index (χ4n) is 1.76. The summed E-state index contributed by atoms with van der Waals surface area (Å²) < 4.78 is 0. The van der Waals surface area contributed by atoms with Gasteiger partial charge in [-0.25, -0.2) is 0 Å². The third kappa shape index (κ3) is 3.31. The van der Waals surface area contributed by atoms with Gasteiger partial charge >= 0.3 is 0 Å². The van der Waals surface area contributed by atoms with Crippen LogP contribution in [0.1, 0.15) is 22.8 Å². The van der Waals surface area contributed by atoms with Crippen LogP contribution in [0.3, 0.4) is 0 Å². The van der Waals surface area contributed by atoms with E-state index in [2.05, 4.69) is 15.6 Å². The number of hydrogen-bond acceptors (Lipinski definition) is 3. The lowest BCUT2D eigenvalue weighted by Crippen LogP contribution is -2.15. The van der Waals surface area contributed by atoms with Crippen LogP contribution >= 0.6 is 0 Å². The van der Waals surface area contributed by atoms with E-state index in [1.54, 1.807) is 18.5 Å². The molecule has 1 amide bonds. The van der Waals surface area contributed by atoms with E-state index in [4.69, 9.17) is 0 Å². The number of benzene rings is 1. The van der Waals surface area contributed by atoms with Gasteiger partial charge in [-0.15, -0.1) is 0 Å². The summed E-state index contributed by atoms with van der Waals surface area (Å²) in [7, 11) is 0. The second-order valence-electron chi connectivity index (χ2n) is 4.27. The third-order valence-electron chi connectivity index (χ3n) is 2.74. The molecule has 0 aliphatic carbocycles. The van der Waals surface area contributed by atoms with Crippen LogP contribution in [0.25, 0.3) is 0 Å². The summed E-state index contributed by atoms with van der Waals surface area (Å²) >= 11 is 0. The molecule has 19 heavy (non-hydrogen) atoms. The van der Waals surface area contributed by atoms with E-state index in [9.17, 15) is 4.79 Å². The monoisotopic (exact) mass is 255 g/mol. The second kappa shape index (κ2) is 6.00. The van der Waals surface area contributed by atoms with Gasteiger partial charge in [0.2, 0.25) is 0 Å². The van der Waals surface area contributed by atoms with Crippen LogP contribution in [0.5, 0.6) is 0 Å². The standard InChI is InChI=1S/C15H17N3O/c1-3-17-14-10-16-9-8-13(14)15(19)18-12-6-4-11(2)5-7-12/h4-10,17H,3H2,1-2H3,(H,18,19). The van der Waals surface area contributed by atoms with E-state index in [0.29, 0.717) is 5.56 Å². The molecule has 2 N–H and O–H groups in total. The normalized spacial score (nSPS) is 10.0. The molecule has 0 aliphatic rings. The number of anilines is 2. The molecule has 1 aromatic carbocycles. The molecular formula is C15H17N3O. The Morgan fingerprint density at radius 1 is 1.21 bits per heavy atom. The van der Waals surface area contributed by atoms with Crippen LogP contribution < -0.4 is 10.6 Å². The third-order valence-corrected chi connectivity index (χ3v) is 2.74. The highest BCUT2D eigenvalue weighted by Gasteiger charge is 2.10. The summed E-state index contributed by atoms with van der Waals surface area (Å²) in [6.45, 7) is 4.74. The number of pyridine rings is 1. The van der Waals surface area contributed by atoms with Crippen LogP contribution in [-0.4, -0.2) is 17.4 Å². The van der Waals surface area contributed by atoms with Crippen molar-refractivity contribution in [3.63, 3.8) is 0 Å². The molecule has 98 valence electrons. The van der Waals surface area contributed by atoms with Crippen LogP contribution in [0.15, 0.2) is 42.7 Å². The van der Waals surface area contributed by atoms with Gasteiger partial charge in [0.15, 0.2) is 0 Å². The predicted molar refractivity (Wildman–Crippen MR) is 77.5 cm³/mol. The SMILES string of the molecule is CCNc1cnccc1C(=O)Nc1ccc(C)cc1. The van der Waals surface area contributed by atoms with Crippen molar-refractivity contribution in [3.8, 4) is 0 Å². The molecule has 0 unspecified atom stereocenters. The zero-order chi connectivity index (χ0) is 13.7. The maximum Gasteiger partial charge on any atom is 0.257 e. The summed E-state index contributed by atoms with van der Waals surface area (Å²) in [5.74, 6) is -0.137. The number of nitrogens with zero attached hydrogens (tertiary/aromatic N) is 1. The first-order valence-electron chi connectivity index (χ1n) is 6.26. The topological polar surface area (TPSA) is 54.0 Å². The zero-order valence-electron chi connectivity index (χ0n) is 11.1. The molecule has 0 bridgehead atoms. The lowest BCUT2D eigenvalue weighted by molar-refractivity contribution is 0.102. The Morgan fingerprint density at radius 2 is 1.95 bits per heavy atom. The molecule has 0 saturated carbocycles. The number of carbonyl (C=O) groups is 1. The van der Waals surface area contributed by atoms with Gasteiger partial charge in [-0.1, -0.05) is 17.7 Å². The van der Waals surface area contributed by atoms with E-state index in [0.717, 1.165) is 23.5 Å². The Morgan fingerprint density at radius 3 is 2.63 bits per heavy atom. The Labute approximate surface area is 112 Å². The lowest BCUT2D eigenvalue weighted by atomic mass is 10.2. The van der Waals surface area contributed by atoms with Gasteiger partial charge in [0.1, 0.15) is 0 Å². The van der Waals surface area contributed by atoms with Crippen molar-refractivity contribution >= 4 is 17.3 Å². The first kappa shape index (κ1) is 13.1. The molecule has 0 fully saturated rings. The fourth-order valence-corrected chi connectivity index (χ4v) is 1.76. The van der Waals surface area contributed by atoms with Gasteiger partial charge in [-0.3, -0.25) is 9.78 Å². The largest absolute Gasteiger partial charge is 0.383 e. The quantitative estimate of drug-likeness (QED) is 0.882. The first-order valence-corrected chi connectivity index (χ1v) is 6.26. The zero-order valence-corrected chi connectivity index (χ0v) is 11.1. The van der Waals surface area contributed by atoms with Crippen LogP contribution in [0, 0.1) is 6.92 Å². The van der Waals surface area contributed by atoms with Crippen molar-refractivity contribution in [1.82, 2.24) is 4.98 Å². The number of rotatable bonds is 4. The number of carbonyl (C=O) groups excluding carboxylic acids is 1. The first-order chi connectivity index (χ1) is 9.20. The van der Waals surface area contributed by atoms with Crippen molar-refractivity contribution in [1.29, 1.82) is 0 Å². The second-order valence-corrected chi connectivity index (χ2v) is 4.27. The number of amides is 1. The van der Waals surface area contributed by atoms with Gasteiger partial charge in [0, 0.05) is 18.4 Å². The number of aryl methyl sites for hydroxylation is 1. The molecule has 0 saturated heterocycles. The van der Waals surface area contributed by atoms with Crippen LogP contribution in [-0.2, 0) is 0 Å². The van der Waals surface area contributed by atoms with Crippen LogP contribution in [0.4, 0.5) is 11.4 Å². The summed E-state index contributed by atoms with van der Waals surface area (Å²) in [6, 6.07) is 9.42. The highest BCUT2D eigenvalue weighted by molar-refractivity contribution is 6.07. The van der Waals surface area contributed by atoms with E-state index in [1.165, 1.54) is 0 Å². The molecular weight excluding hydrogens is 238 g/mol. The molecule has 0 spiro atoms. The molecule has 2 aromatic rings.